The lowest BCUT2D eigenvalue weighted by Gasteiger charge is -2.13. The van der Waals surface area contributed by atoms with Gasteiger partial charge in [0.2, 0.25) is 0 Å². The third-order valence-electron chi connectivity index (χ3n) is 3.28. The van der Waals surface area contributed by atoms with E-state index in [2.05, 4.69) is 0 Å². The van der Waals surface area contributed by atoms with Crippen LogP contribution in [0.5, 0.6) is 5.75 Å². The maximum Gasteiger partial charge on any atom is 0.492 e. The molecule has 0 heterocycles. The zero-order valence-corrected chi connectivity index (χ0v) is 12.5. The lowest BCUT2D eigenvalue weighted by atomic mass is 9.76. The number of fused-ring (bicyclic) bond motifs is 1. The van der Waals surface area contributed by atoms with Crippen LogP contribution in [0.4, 0.5) is 0 Å². The van der Waals surface area contributed by atoms with Gasteiger partial charge in [-0.1, -0.05) is 37.3 Å². The molecule has 0 bridgehead atoms. The van der Waals surface area contributed by atoms with Crippen LogP contribution in [0, 0.1) is 0 Å². The lowest BCUT2D eigenvalue weighted by molar-refractivity contribution is 0.341. The summed E-state index contributed by atoms with van der Waals surface area (Å²) >= 11 is 0. The van der Waals surface area contributed by atoms with Crippen molar-refractivity contribution < 1.29 is 23.2 Å². The molecule has 2 aromatic rings. The van der Waals surface area contributed by atoms with Crippen molar-refractivity contribution >= 4 is 33.2 Å². The van der Waals surface area contributed by atoms with Gasteiger partial charge in [0, 0.05) is 11.2 Å². The van der Waals surface area contributed by atoms with Crippen molar-refractivity contribution in [3.8, 4) is 5.75 Å². The molecule has 2 N–H and O–H groups in total. The number of benzene rings is 2. The van der Waals surface area contributed by atoms with Crippen LogP contribution in [0.3, 0.4) is 0 Å². The molecule has 0 aliphatic heterocycles. The standard InChI is InChI=1S/C14H17BO5S/c1-2-21(18,19)10-9-20-13-8-7-11-5-3-4-6-12(11)14(13)15(16)17/h3-8,16-17H,2,9-10H2,1H3. The summed E-state index contributed by atoms with van der Waals surface area (Å²) in [7, 11) is -4.80. The highest BCUT2D eigenvalue weighted by atomic mass is 32.2. The smallest absolute Gasteiger partial charge is 0.492 e. The van der Waals surface area contributed by atoms with Crippen LogP contribution in [-0.4, -0.2) is 43.7 Å². The van der Waals surface area contributed by atoms with Gasteiger partial charge in [0.05, 0.1) is 5.75 Å². The molecular formula is C14H17BO5S. The summed E-state index contributed by atoms with van der Waals surface area (Å²) in [5, 5.41) is 20.7. The van der Waals surface area contributed by atoms with Crippen molar-refractivity contribution in [2.45, 2.75) is 6.92 Å². The summed E-state index contributed by atoms with van der Waals surface area (Å²) in [4.78, 5) is 0. The molecule has 5 nitrogen and oxygen atoms in total. The molecule has 0 saturated carbocycles. The monoisotopic (exact) mass is 308 g/mol. The Morgan fingerprint density at radius 3 is 2.52 bits per heavy atom. The first-order chi connectivity index (χ1) is 9.94. The van der Waals surface area contributed by atoms with E-state index in [1.165, 1.54) is 0 Å². The minimum absolute atomic E-state index is 0.0196. The van der Waals surface area contributed by atoms with Gasteiger partial charge >= 0.3 is 7.12 Å². The molecule has 7 heteroatoms. The van der Waals surface area contributed by atoms with E-state index < -0.39 is 17.0 Å². The van der Waals surface area contributed by atoms with Gasteiger partial charge in [-0.15, -0.1) is 0 Å². The topological polar surface area (TPSA) is 83.8 Å². The van der Waals surface area contributed by atoms with E-state index in [1.807, 2.05) is 12.1 Å². The van der Waals surface area contributed by atoms with Crippen molar-refractivity contribution in [3.63, 3.8) is 0 Å². The van der Waals surface area contributed by atoms with Gasteiger partial charge in [-0.3, -0.25) is 0 Å². The van der Waals surface area contributed by atoms with Gasteiger partial charge in [0.15, 0.2) is 9.84 Å². The Balaban J connectivity index is 2.29. The zero-order chi connectivity index (χ0) is 15.5. The van der Waals surface area contributed by atoms with E-state index in [0.717, 1.165) is 5.39 Å². The third kappa shape index (κ3) is 3.75. The second-order valence-corrected chi connectivity index (χ2v) is 7.13. The van der Waals surface area contributed by atoms with Crippen LogP contribution in [0.2, 0.25) is 0 Å². The normalized spacial score (nSPS) is 11.6. The van der Waals surface area contributed by atoms with Crippen LogP contribution >= 0.6 is 0 Å². The van der Waals surface area contributed by atoms with E-state index in [4.69, 9.17) is 4.74 Å². The highest BCUT2D eigenvalue weighted by molar-refractivity contribution is 7.91. The number of hydrogen-bond donors (Lipinski definition) is 2. The molecule has 112 valence electrons. The van der Waals surface area contributed by atoms with Gasteiger partial charge in [-0.05, 0) is 16.8 Å². The van der Waals surface area contributed by atoms with Crippen LogP contribution in [0.25, 0.3) is 10.8 Å². The molecule has 0 aliphatic rings. The summed E-state index contributed by atoms with van der Waals surface area (Å²) in [6.07, 6.45) is 0. The molecule has 0 spiro atoms. The molecule has 0 amide bonds. The molecule has 0 radical (unpaired) electrons. The average Bonchev–Trinajstić information content (AvgIpc) is 2.46. The van der Waals surface area contributed by atoms with Gasteiger partial charge < -0.3 is 14.8 Å². The Kier molecular flexibility index (Phi) is 4.87. The molecule has 0 unspecified atom stereocenters. The van der Waals surface area contributed by atoms with Gasteiger partial charge in [0.1, 0.15) is 12.4 Å². The fourth-order valence-corrected chi connectivity index (χ4v) is 2.72. The van der Waals surface area contributed by atoms with Crippen LogP contribution in [-0.2, 0) is 9.84 Å². The van der Waals surface area contributed by atoms with Crippen molar-refractivity contribution in [1.29, 1.82) is 0 Å². The van der Waals surface area contributed by atoms with Crippen LogP contribution < -0.4 is 10.2 Å². The zero-order valence-electron chi connectivity index (χ0n) is 11.7. The SMILES string of the molecule is CCS(=O)(=O)CCOc1ccc2ccccc2c1B(O)O. The first kappa shape index (κ1) is 15.8. The van der Waals surface area contributed by atoms with E-state index in [9.17, 15) is 18.5 Å². The van der Waals surface area contributed by atoms with Crippen molar-refractivity contribution in [3.05, 3.63) is 36.4 Å². The molecule has 0 atom stereocenters. The molecule has 0 saturated heterocycles. The first-order valence-corrected chi connectivity index (χ1v) is 8.48. The second-order valence-electron chi connectivity index (χ2n) is 4.66. The van der Waals surface area contributed by atoms with Crippen molar-refractivity contribution in [2.75, 3.05) is 18.1 Å². The Bertz CT molecular complexity index is 727. The highest BCUT2D eigenvalue weighted by Crippen LogP contribution is 2.19. The maximum absolute atomic E-state index is 11.4. The Hall–Kier alpha value is -1.57. The van der Waals surface area contributed by atoms with Crippen molar-refractivity contribution in [1.82, 2.24) is 0 Å². The van der Waals surface area contributed by atoms with E-state index in [-0.39, 0.29) is 29.3 Å². The Labute approximate surface area is 124 Å². The minimum atomic E-state index is -3.12. The summed E-state index contributed by atoms with van der Waals surface area (Å²) in [5.41, 5.74) is 0.252. The fraction of sp³-hybridized carbons (Fsp3) is 0.286. The van der Waals surface area contributed by atoms with Crippen LogP contribution in [0.1, 0.15) is 6.92 Å². The number of hydrogen-bond acceptors (Lipinski definition) is 5. The molecule has 21 heavy (non-hydrogen) atoms. The van der Waals surface area contributed by atoms with E-state index in [1.54, 1.807) is 31.2 Å². The molecule has 0 aromatic heterocycles. The van der Waals surface area contributed by atoms with E-state index >= 15 is 0 Å². The number of ether oxygens (including phenoxy) is 1. The highest BCUT2D eigenvalue weighted by Gasteiger charge is 2.21. The summed E-state index contributed by atoms with van der Waals surface area (Å²) in [6.45, 7) is 1.56. The molecule has 2 rings (SSSR count). The summed E-state index contributed by atoms with van der Waals surface area (Å²) < 4.78 is 28.3. The fourth-order valence-electron chi connectivity index (χ4n) is 2.09. The van der Waals surface area contributed by atoms with Crippen LogP contribution in [0.15, 0.2) is 36.4 Å². The van der Waals surface area contributed by atoms with Crippen molar-refractivity contribution in [2.24, 2.45) is 0 Å². The lowest BCUT2D eigenvalue weighted by Crippen LogP contribution is -2.32. The Morgan fingerprint density at radius 1 is 1.14 bits per heavy atom. The minimum Gasteiger partial charge on any atom is -0.493 e. The average molecular weight is 308 g/mol. The predicted octanol–water partition coefficient (Wildman–Crippen LogP) is 0.333. The predicted molar refractivity (Wildman–Crippen MR) is 83.6 cm³/mol. The number of sulfone groups is 1. The number of rotatable bonds is 6. The maximum atomic E-state index is 11.4. The summed E-state index contributed by atoms with van der Waals surface area (Å²) in [6, 6.07) is 10.7. The first-order valence-electron chi connectivity index (χ1n) is 6.65. The second kappa shape index (κ2) is 6.47. The molecule has 2 aromatic carbocycles. The van der Waals surface area contributed by atoms with E-state index in [0.29, 0.717) is 5.39 Å². The largest absolute Gasteiger partial charge is 0.493 e. The van der Waals surface area contributed by atoms with Gasteiger partial charge in [-0.2, -0.15) is 0 Å². The molecular weight excluding hydrogens is 291 g/mol. The van der Waals surface area contributed by atoms with Gasteiger partial charge in [0.25, 0.3) is 0 Å². The third-order valence-corrected chi connectivity index (χ3v) is 4.95. The van der Waals surface area contributed by atoms with Gasteiger partial charge in [-0.25, -0.2) is 8.42 Å². The Morgan fingerprint density at radius 2 is 1.86 bits per heavy atom. The molecule has 0 fully saturated rings. The summed E-state index contributed by atoms with van der Waals surface area (Å²) in [5.74, 6) is 0.246. The quantitative estimate of drug-likeness (QED) is 0.752. The molecule has 0 aliphatic carbocycles.